The standard InChI is InChI=1S/C20H19ClN2OS3/c1-12-6-8-13(9-7-12)26-14(10-21)11-25-20-22-18(24)17-15-4-2-3-5-16(15)27-19(17)23-20/h6-10,17H,2-5,11H2,1H3/b14-10+. The lowest BCUT2D eigenvalue weighted by molar-refractivity contribution is -0.118. The minimum atomic E-state index is -0.195. The van der Waals surface area contributed by atoms with E-state index < -0.39 is 0 Å². The molecule has 2 aliphatic heterocycles. The quantitative estimate of drug-likeness (QED) is 0.515. The van der Waals surface area contributed by atoms with Gasteiger partial charge in [-0.3, -0.25) is 4.79 Å². The molecule has 1 amide bonds. The zero-order valence-electron chi connectivity index (χ0n) is 14.9. The second kappa shape index (κ2) is 8.60. The lowest BCUT2D eigenvalue weighted by atomic mass is 9.89. The zero-order chi connectivity index (χ0) is 18.8. The lowest BCUT2D eigenvalue weighted by Crippen LogP contribution is -2.25. The Hall–Kier alpha value is -0.950. The topological polar surface area (TPSA) is 41.8 Å². The smallest absolute Gasteiger partial charge is 0.262 e. The van der Waals surface area contributed by atoms with Crippen molar-refractivity contribution in [3.8, 4) is 0 Å². The van der Waals surface area contributed by atoms with Crippen LogP contribution in [0.5, 0.6) is 0 Å². The van der Waals surface area contributed by atoms with Crippen LogP contribution in [-0.2, 0) is 4.79 Å². The van der Waals surface area contributed by atoms with Crippen LogP contribution in [0.1, 0.15) is 31.2 Å². The van der Waals surface area contributed by atoms with E-state index >= 15 is 0 Å². The third-order valence-electron chi connectivity index (χ3n) is 4.68. The highest BCUT2D eigenvalue weighted by Gasteiger charge is 2.40. The number of hydrogen-bond donors (Lipinski definition) is 0. The Morgan fingerprint density at radius 3 is 2.81 bits per heavy atom. The van der Waals surface area contributed by atoms with Gasteiger partial charge in [-0.15, -0.1) is 0 Å². The summed E-state index contributed by atoms with van der Waals surface area (Å²) in [5.41, 5.74) is 4.11. The minimum Gasteiger partial charge on any atom is -0.271 e. The van der Waals surface area contributed by atoms with Gasteiger partial charge in [-0.1, -0.05) is 64.6 Å². The molecular formula is C20H19ClN2OS3. The molecule has 4 rings (SSSR count). The number of thioether (sulfide) groups is 3. The van der Waals surface area contributed by atoms with E-state index in [1.54, 1.807) is 29.1 Å². The number of nitrogens with zero attached hydrogens (tertiary/aromatic N) is 2. The van der Waals surface area contributed by atoms with Gasteiger partial charge >= 0.3 is 0 Å². The van der Waals surface area contributed by atoms with Gasteiger partial charge in [0.25, 0.3) is 5.91 Å². The van der Waals surface area contributed by atoms with Crippen LogP contribution in [0.4, 0.5) is 0 Å². The van der Waals surface area contributed by atoms with E-state index in [9.17, 15) is 4.79 Å². The van der Waals surface area contributed by atoms with Crippen LogP contribution in [-0.4, -0.2) is 21.9 Å². The maximum atomic E-state index is 12.6. The first-order valence-electron chi connectivity index (χ1n) is 8.91. The van der Waals surface area contributed by atoms with Crippen molar-refractivity contribution < 1.29 is 4.79 Å². The van der Waals surface area contributed by atoms with E-state index in [0.29, 0.717) is 10.9 Å². The van der Waals surface area contributed by atoms with Gasteiger partial charge in [-0.25, -0.2) is 4.99 Å². The van der Waals surface area contributed by atoms with Crippen molar-refractivity contribution in [1.82, 2.24) is 0 Å². The van der Waals surface area contributed by atoms with Gasteiger partial charge in [-0.05, 0) is 55.2 Å². The number of benzene rings is 1. The molecule has 1 unspecified atom stereocenters. The number of amidine groups is 1. The molecule has 1 aliphatic carbocycles. The Kier molecular flexibility index (Phi) is 6.17. The number of carbonyl (C=O) groups is 1. The maximum absolute atomic E-state index is 12.6. The number of aryl methyl sites for hydroxylation is 1. The van der Waals surface area contributed by atoms with Crippen LogP contribution < -0.4 is 0 Å². The predicted octanol–water partition coefficient (Wildman–Crippen LogP) is 6.39. The predicted molar refractivity (Wildman–Crippen MR) is 120 cm³/mol. The van der Waals surface area contributed by atoms with Crippen LogP contribution >= 0.6 is 46.9 Å². The lowest BCUT2D eigenvalue weighted by Gasteiger charge is -2.18. The normalized spacial score (nSPS) is 22.4. The number of hydrogen-bond acceptors (Lipinski definition) is 5. The number of aliphatic imine (C=N–C) groups is 2. The Morgan fingerprint density at radius 2 is 2.04 bits per heavy atom. The van der Waals surface area contributed by atoms with E-state index in [4.69, 9.17) is 16.6 Å². The zero-order valence-corrected chi connectivity index (χ0v) is 18.1. The molecule has 1 atom stereocenters. The highest BCUT2D eigenvalue weighted by Crippen LogP contribution is 2.47. The second-order valence-electron chi connectivity index (χ2n) is 6.65. The highest BCUT2D eigenvalue weighted by molar-refractivity contribution is 8.18. The minimum absolute atomic E-state index is 0.0514. The molecule has 0 saturated carbocycles. The molecule has 140 valence electrons. The fourth-order valence-electron chi connectivity index (χ4n) is 3.32. The Morgan fingerprint density at radius 1 is 1.26 bits per heavy atom. The number of rotatable bonds is 4. The van der Waals surface area contributed by atoms with Crippen molar-refractivity contribution in [2.75, 3.05) is 5.75 Å². The summed E-state index contributed by atoms with van der Waals surface area (Å²) in [6.45, 7) is 2.07. The van der Waals surface area contributed by atoms with Crippen LogP contribution in [0.15, 0.2) is 60.1 Å². The Labute approximate surface area is 177 Å². The summed E-state index contributed by atoms with van der Waals surface area (Å²) in [6.07, 6.45) is 4.48. The summed E-state index contributed by atoms with van der Waals surface area (Å²) in [7, 11) is 0. The third kappa shape index (κ3) is 4.39. The molecule has 0 radical (unpaired) electrons. The summed E-state index contributed by atoms with van der Waals surface area (Å²) >= 11 is 10.8. The Bertz CT molecular complexity index is 887. The van der Waals surface area contributed by atoms with Crippen molar-refractivity contribution in [2.45, 2.75) is 37.5 Å². The summed E-state index contributed by atoms with van der Waals surface area (Å²) in [6, 6.07) is 8.35. The largest absolute Gasteiger partial charge is 0.271 e. The van der Waals surface area contributed by atoms with Gasteiger partial charge in [0.2, 0.25) is 0 Å². The molecule has 0 aromatic heterocycles. The molecule has 1 aromatic rings. The van der Waals surface area contributed by atoms with Gasteiger partial charge in [-0.2, -0.15) is 4.99 Å². The van der Waals surface area contributed by atoms with E-state index in [0.717, 1.165) is 27.7 Å². The third-order valence-corrected chi connectivity index (χ3v) is 8.43. The molecule has 0 spiro atoms. The Balaban J connectivity index is 1.40. The van der Waals surface area contributed by atoms with Crippen molar-refractivity contribution in [3.63, 3.8) is 0 Å². The molecule has 1 aromatic carbocycles. The van der Waals surface area contributed by atoms with Gasteiger partial charge in [0, 0.05) is 21.1 Å². The molecular weight excluding hydrogens is 416 g/mol. The fraction of sp³-hybridized carbons (Fsp3) is 0.350. The first-order valence-corrected chi connectivity index (χ1v) is 12.0. The molecule has 3 nitrogen and oxygen atoms in total. The van der Waals surface area contributed by atoms with Crippen molar-refractivity contribution in [3.05, 3.63) is 50.7 Å². The molecule has 2 heterocycles. The van der Waals surface area contributed by atoms with Crippen molar-refractivity contribution >= 4 is 63.0 Å². The molecule has 0 bridgehead atoms. The summed E-state index contributed by atoms with van der Waals surface area (Å²) < 4.78 is 0. The number of carbonyl (C=O) groups excluding carboxylic acids is 1. The van der Waals surface area contributed by atoms with Gasteiger partial charge in [0.05, 0.1) is 5.04 Å². The van der Waals surface area contributed by atoms with Crippen LogP contribution in [0, 0.1) is 12.8 Å². The molecule has 0 saturated heterocycles. The van der Waals surface area contributed by atoms with Crippen molar-refractivity contribution in [2.24, 2.45) is 15.9 Å². The van der Waals surface area contributed by atoms with Crippen LogP contribution in [0.25, 0.3) is 0 Å². The average molecular weight is 435 g/mol. The summed E-state index contributed by atoms with van der Waals surface area (Å²) in [5.74, 6) is 0.400. The van der Waals surface area contributed by atoms with Gasteiger partial charge in [0.1, 0.15) is 5.92 Å². The highest BCUT2D eigenvalue weighted by atomic mass is 35.5. The van der Waals surface area contributed by atoms with Gasteiger partial charge in [0.15, 0.2) is 5.17 Å². The first-order chi connectivity index (χ1) is 13.1. The average Bonchev–Trinajstić information content (AvgIpc) is 3.05. The van der Waals surface area contributed by atoms with E-state index in [2.05, 4.69) is 36.2 Å². The summed E-state index contributed by atoms with van der Waals surface area (Å²) in [5, 5.41) is 1.48. The number of fused-ring (bicyclic) bond motifs is 2. The molecule has 0 N–H and O–H groups in total. The van der Waals surface area contributed by atoms with Crippen LogP contribution in [0.3, 0.4) is 0 Å². The van der Waals surface area contributed by atoms with E-state index in [1.165, 1.54) is 40.6 Å². The number of allylic oxidation sites excluding steroid dienone is 1. The number of halogens is 1. The van der Waals surface area contributed by atoms with Crippen molar-refractivity contribution in [1.29, 1.82) is 0 Å². The first kappa shape index (κ1) is 19.4. The maximum Gasteiger partial charge on any atom is 0.262 e. The van der Waals surface area contributed by atoms with E-state index in [-0.39, 0.29) is 11.8 Å². The summed E-state index contributed by atoms with van der Waals surface area (Å²) in [4.78, 5) is 25.1. The fourth-order valence-corrected chi connectivity index (χ4v) is 6.73. The van der Waals surface area contributed by atoms with E-state index in [1.807, 2.05) is 0 Å². The SMILES string of the molecule is Cc1ccc(S/C(=C/Cl)CSC2=NC(=O)C3C(=N2)SC2=C3CCCC2)cc1. The number of amides is 1. The monoisotopic (exact) mass is 434 g/mol. The molecule has 7 heteroatoms. The van der Waals surface area contributed by atoms with Gasteiger partial charge < -0.3 is 0 Å². The molecule has 3 aliphatic rings. The van der Waals surface area contributed by atoms with Crippen LogP contribution in [0.2, 0.25) is 0 Å². The molecule has 27 heavy (non-hydrogen) atoms. The second-order valence-corrected chi connectivity index (χ2v) is 10.1. The molecule has 0 fully saturated rings.